The maximum atomic E-state index is 12.1. The van der Waals surface area contributed by atoms with Gasteiger partial charge < -0.3 is 20.5 Å². The number of benzene rings is 2. The Hall–Kier alpha value is -2.40. The van der Waals surface area contributed by atoms with Crippen LogP contribution in [-0.2, 0) is 17.6 Å². The first kappa shape index (κ1) is 16.5. The van der Waals surface area contributed by atoms with E-state index in [1.54, 1.807) is 12.1 Å². The number of nitrogens with two attached hydrogens (primary N) is 1. The number of hydrogen-bond acceptors (Lipinski definition) is 4. The largest absolute Gasteiger partial charge is 0.486 e. The van der Waals surface area contributed by atoms with Crippen LogP contribution < -0.4 is 20.5 Å². The Bertz CT molecular complexity index is 732. The molecule has 0 aromatic heterocycles. The van der Waals surface area contributed by atoms with E-state index in [0.717, 1.165) is 23.2 Å². The second-order valence-electron chi connectivity index (χ2n) is 5.62. The Morgan fingerprint density at radius 3 is 2.67 bits per heavy atom. The van der Waals surface area contributed by atoms with Gasteiger partial charge in [-0.1, -0.05) is 23.7 Å². The Balaban J connectivity index is 1.53. The molecule has 6 heteroatoms. The normalized spacial score (nSPS) is 12.7. The fraction of sp³-hybridized carbons (Fsp3) is 0.278. The van der Waals surface area contributed by atoms with Gasteiger partial charge in [0, 0.05) is 12.2 Å². The highest BCUT2D eigenvalue weighted by Gasteiger charge is 2.17. The molecule has 1 aliphatic heterocycles. The van der Waals surface area contributed by atoms with Crippen molar-refractivity contribution in [3.05, 3.63) is 52.5 Å². The number of halogens is 1. The maximum Gasteiger partial charge on any atom is 0.224 e. The van der Waals surface area contributed by atoms with Crippen LogP contribution in [0.4, 0.5) is 5.69 Å². The van der Waals surface area contributed by atoms with Gasteiger partial charge in [0.15, 0.2) is 11.5 Å². The molecule has 0 bridgehead atoms. The minimum Gasteiger partial charge on any atom is -0.486 e. The van der Waals surface area contributed by atoms with Crippen molar-refractivity contribution < 1.29 is 14.3 Å². The number of amides is 1. The molecular formula is C18H19ClN2O3. The van der Waals surface area contributed by atoms with Gasteiger partial charge in [-0.2, -0.15) is 0 Å². The number of rotatable bonds is 5. The fourth-order valence-corrected chi connectivity index (χ4v) is 2.83. The summed E-state index contributed by atoms with van der Waals surface area (Å²) in [4.78, 5) is 12.1. The fourth-order valence-electron chi connectivity index (χ4n) is 2.54. The molecule has 0 spiro atoms. The lowest BCUT2D eigenvalue weighted by atomic mass is 10.1. The molecule has 1 heterocycles. The number of nitrogens with one attached hydrogen (secondary N) is 1. The van der Waals surface area contributed by atoms with E-state index in [4.69, 9.17) is 26.8 Å². The van der Waals surface area contributed by atoms with Crippen LogP contribution in [-0.4, -0.2) is 25.7 Å². The average molecular weight is 347 g/mol. The van der Waals surface area contributed by atoms with E-state index in [0.29, 0.717) is 36.3 Å². The predicted octanol–water partition coefficient (Wildman–Crippen LogP) is 2.59. The van der Waals surface area contributed by atoms with E-state index in [-0.39, 0.29) is 12.3 Å². The highest BCUT2D eigenvalue weighted by atomic mass is 35.5. The SMILES string of the molecule is Nc1ccc(CCNC(=O)Cc2cc(Cl)c3c(c2)OCCO3)cc1. The van der Waals surface area contributed by atoms with Crippen molar-refractivity contribution in [2.75, 3.05) is 25.5 Å². The Kier molecular flexibility index (Phi) is 5.11. The number of carbonyl (C=O) groups excluding carboxylic acids is 1. The zero-order chi connectivity index (χ0) is 16.9. The molecule has 3 rings (SSSR count). The molecule has 1 amide bonds. The highest BCUT2D eigenvalue weighted by molar-refractivity contribution is 6.32. The van der Waals surface area contributed by atoms with Crippen molar-refractivity contribution in [3.63, 3.8) is 0 Å². The molecule has 2 aromatic carbocycles. The lowest BCUT2D eigenvalue weighted by Gasteiger charge is -2.20. The lowest BCUT2D eigenvalue weighted by molar-refractivity contribution is -0.120. The van der Waals surface area contributed by atoms with Crippen LogP contribution in [0, 0.1) is 0 Å². The molecule has 2 aromatic rings. The lowest BCUT2D eigenvalue weighted by Crippen LogP contribution is -2.27. The predicted molar refractivity (Wildman–Crippen MR) is 93.7 cm³/mol. The number of carbonyl (C=O) groups is 1. The summed E-state index contributed by atoms with van der Waals surface area (Å²) in [6.07, 6.45) is 1.01. The van der Waals surface area contributed by atoms with Gasteiger partial charge in [-0.25, -0.2) is 0 Å². The van der Waals surface area contributed by atoms with Crippen LogP contribution in [0.25, 0.3) is 0 Å². The van der Waals surface area contributed by atoms with Crippen LogP contribution in [0.5, 0.6) is 11.5 Å². The summed E-state index contributed by atoms with van der Waals surface area (Å²) in [6.45, 7) is 1.54. The third kappa shape index (κ3) is 4.11. The van der Waals surface area contributed by atoms with Crippen LogP contribution in [0.1, 0.15) is 11.1 Å². The standard InChI is InChI=1S/C18H19ClN2O3/c19-15-9-13(10-16-18(15)24-8-7-23-16)11-17(22)21-6-5-12-1-3-14(20)4-2-12/h1-4,9-10H,5-8,11,20H2,(H,21,22). The topological polar surface area (TPSA) is 73.6 Å². The highest BCUT2D eigenvalue weighted by Crippen LogP contribution is 2.38. The summed E-state index contributed by atoms with van der Waals surface area (Å²) in [5.74, 6) is 1.09. The summed E-state index contributed by atoms with van der Waals surface area (Å²) in [6, 6.07) is 11.2. The van der Waals surface area contributed by atoms with Crippen LogP contribution in [0.15, 0.2) is 36.4 Å². The third-order valence-corrected chi connectivity index (χ3v) is 4.02. The van der Waals surface area contributed by atoms with E-state index >= 15 is 0 Å². The van der Waals surface area contributed by atoms with Crippen molar-refractivity contribution in [2.45, 2.75) is 12.8 Å². The summed E-state index contributed by atoms with van der Waals surface area (Å²) in [5.41, 5.74) is 8.32. The van der Waals surface area contributed by atoms with Crippen LogP contribution >= 0.6 is 11.6 Å². The van der Waals surface area contributed by atoms with Crippen molar-refractivity contribution in [1.82, 2.24) is 5.32 Å². The van der Waals surface area contributed by atoms with Crippen LogP contribution in [0.2, 0.25) is 5.02 Å². The van der Waals surface area contributed by atoms with E-state index in [1.165, 1.54) is 0 Å². The van der Waals surface area contributed by atoms with E-state index in [9.17, 15) is 4.79 Å². The third-order valence-electron chi connectivity index (χ3n) is 3.74. The zero-order valence-corrected chi connectivity index (χ0v) is 13.9. The second kappa shape index (κ2) is 7.45. The number of hydrogen-bond donors (Lipinski definition) is 2. The minimum atomic E-state index is -0.0572. The van der Waals surface area contributed by atoms with Gasteiger partial charge in [0.25, 0.3) is 0 Å². The van der Waals surface area contributed by atoms with Gasteiger partial charge in [-0.05, 0) is 41.8 Å². The quantitative estimate of drug-likeness (QED) is 0.816. The van der Waals surface area contributed by atoms with Crippen molar-refractivity contribution >= 4 is 23.2 Å². The first-order chi connectivity index (χ1) is 11.6. The molecule has 3 N–H and O–H groups in total. The summed E-state index contributed by atoms with van der Waals surface area (Å²) >= 11 is 6.18. The smallest absolute Gasteiger partial charge is 0.224 e. The first-order valence-corrected chi connectivity index (χ1v) is 8.19. The van der Waals surface area contributed by atoms with Gasteiger partial charge in [0.05, 0.1) is 11.4 Å². The minimum absolute atomic E-state index is 0.0572. The molecule has 0 saturated carbocycles. The van der Waals surface area contributed by atoms with Gasteiger partial charge >= 0.3 is 0 Å². The number of nitrogen functional groups attached to an aromatic ring is 1. The molecule has 0 radical (unpaired) electrons. The number of ether oxygens (including phenoxy) is 2. The van der Waals surface area contributed by atoms with Gasteiger partial charge in [-0.15, -0.1) is 0 Å². The molecule has 0 aliphatic carbocycles. The van der Waals surface area contributed by atoms with E-state index in [2.05, 4.69) is 5.32 Å². The monoisotopic (exact) mass is 346 g/mol. The second-order valence-corrected chi connectivity index (χ2v) is 6.03. The molecule has 24 heavy (non-hydrogen) atoms. The van der Waals surface area contributed by atoms with Crippen LogP contribution in [0.3, 0.4) is 0 Å². The maximum absolute atomic E-state index is 12.1. The van der Waals surface area contributed by atoms with Gasteiger partial charge in [0.2, 0.25) is 5.91 Å². The summed E-state index contributed by atoms with van der Waals surface area (Å²) in [7, 11) is 0. The van der Waals surface area contributed by atoms with Crippen molar-refractivity contribution in [3.8, 4) is 11.5 Å². The Morgan fingerprint density at radius 2 is 1.88 bits per heavy atom. The molecule has 126 valence electrons. The Morgan fingerprint density at radius 1 is 1.12 bits per heavy atom. The average Bonchev–Trinajstić information content (AvgIpc) is 2.57. The molecule has 1 aliphatic rings. The zero-order valence-electron chi connectivity index (χ0n) is 13.2. The van der Waals surface area contributed by atoms with Crippen molar-refractivity contribution in [2.24, 2.45) is 0 Å². The van der Waals surface area contributed by atoms with Crippen molar-refractivity contribution in [1.29, 1.82) is 0 Å². The summed E-state index contributed by atoms with van der Waals surface area (Å²) < 4.78 is 11.0. The molecule has 0 atom stereocenters. The summed E-state index contributed by atoms with van der Waals surface area (Å²) in [5, 5.41) is 3.38. The molecule has 5 nitrogen and oxygen atoms in total. The molecule has 0 fully saturated rings. The molecule has 0 unspecified atom stereocenters. The van der Waals surface area contributed by atoms with E-state index < -0.39 is 0 Å². The molecule has 0 saturated heterocycles. The van der Waals surface area contributed by atoms with Gasteiger partial charge in [0.1, 0.15) is 13.2 Å². The van der Waals surface area contributed by atoms with E-state index in [1.807, 2.05) is 24.3 Å². The first-order valence-electron chi connectivity index (χ1n) is 7.81. The Labute approximate surface area is 145 Å². The van der Waals surface area contributed by atoms with Gasteiger partial charge in [-0.3, -0.25) is 4.79 Å². The number of fused-ring (bicyclic) bond motifs is 1. The molecular weight excluding hydrogens is 328 g/mol. The number of anilines is 1.